The number of nitrogens with zero attached hydrogens (tertiary/aromatic N) is 3. The van der Waals surface area contributed by atoms with E-state index < -0.39 is 23.9 Å². The highest BCUT2D eigenvalue weighted by Gasteiger charge is 2.45. The van der Waals surface area contributed by atoms with E-state index in [1.807, 2.05) is 39.0 Å². The van der Waals surface area contributed by atoms with Crippen molar-refractivity contribution in [1.29, 1.82) is 0 Å². The Bertz CT molecular complexity index is 2250. The van der Waals surface area contributed by atoms with Crippen LogP contribution in [0.5, 0.6) is 0 Å². The molecular formula is C42H52N6O7. The number of hydrogen-bond donors (Lipinski definition) is 4. The first kappa shape index (κ1) is 39.5. The predicted octanol–water partition coefficient (Wildman–Crippen LogP) is 6.46. The zero-order valence-electron chi connectivity index (χ0n) is 33.2. The van der Waals surface area contributed by atoms with Gasteiger partial charge in [-0.1, -0.05) is 20.8 Å². The molecule has 2 aliphatic heterocycles. The molecule has 1 aliphatic carbocycles. The van der Waals surface area contributed by atoms with Crippen molar-refractivity contribution < 1.29 is 33.8 Å². The number of carbonyl (C=O) groups is 5. The summed E-state index contributed by atoms with van der Waals surface area (Å²) in [5.41, 5.74) is 8.52. The van der Waals surface area contributed by atoms with Crippen LogP contribution in [0, 0.1) is 13.8 Å². The smallest absolute Gasteiger partial charge is 0.321 e. The number of hydrogen-bond acceptors (Lipinski definition) is 9. The largest absolute Gasteiger partial charge is 0.480 e. The van der Waals surface area contributed by atoms with Gasteiger partial charge in [0.15, 0.2) is 11.6 Å². The molecule has 8 bridgehead atoms. The molecule has 0 fully saturated rings. The lowest BCUT2D eigenvalue weighted by molar-refractivity contribution is -0.143. The monoisotopic (exact) mass is 752 g/mol. The number of ether oxygens (including phenoxy) is 1. The van der Waals surface area contributed by atoms with Gasteiger partial charge in [-0.3, -0.25) is 38.8 Å². The number of fused-ring (bicyclic) bond motifs is 8. The molecule has 5 heterocycles. The quantitative estimate of drug-likeness (QED) is 0.0692. The van der Waals surface area contributed by atoms with Crippen LogP contribution in [0.1, 0.15) is 150 Å². The summed E-state index contributed by atoms with van der Waals surface area (Å²) in [5.74, 6) is -3.87. The number of Topliss-reactive ketones (excluding diaryl/α,β-unsaturated/α-hetero) is 2. The fraction of sp³-hybridized carbons (Fsp3) is 0.500. The maximum Gasteiger partial charge on any atom is 0.321 e. The maximum absolute atomic E-state index is 14.3. The fourth-order valence-corrected chi connectivity index (χ4v) is 8.83. The highest BCUT2D eigenvalue weighted by Crippen LogP contribution is 2.48. The molecule has 0 saturated carbocycles. The number of aromatic nitrogens is 4. The standard InChI is InChI=1S/C42H52N6O7/c1-10-24-19(2)26-18-31-34(23(6)49)21(4)28(45-31)16-27-20(3)25(13-14-33(50)43-15-11-12-32(41(52)53)48(7)8)38(46-27)36-37(42(54)55-9)40(51)35-22(5)29(47-39(35)36)17-30(24)44-26/h16-20,24-25,32,37,45,47H,10-15H2,1-9H3,(H,43,50)(H,52,53)/t19-,20+,24-,25+,32+,37?/m1/s1. The SMILES string of the molecule is CC[C@H]1c2cc3[nH]c4c(c3C)C(=O)C(C(=O)OC)c4c3nc(cc4[nH]c(cc(n2)[C@@H]1C)c(C(C)=O)c4C)[C@@H](C)[C@@H]3CCC(=O)NCCC[C@@H](C(=O)O)N(C)C. The Morgan fingerprint density at radius 3 is 2.22 bits per heavy atom. The molecule has 3 aromatic heterocycles. The molecule has 0 aromatic carbocycles. The van der Waals surface area contributed by atoms with Crippen LogP contribution in [0.3, 0.4) is 0 Å². The average molecular weight is 753 g/mol. The molecule has 1 unspecified atom stereocenters. The first-order chi connectivity index (χ1) is 26.1. The van der Waals surface area contributed by atoms with Gasteiger partial charge >= 0.3 is 11.9 Å². The number of carboxylic acids is 1. The molecule has 3 aliphatic rings. The van der Waals surface area contributed by atoms with E-state index in [4.69, 9.17) is 14.7 Å². The van der Waals surface area contributed by atoms with Gasteiger partial charge < -0.3 is 25.1 Å². The second-order valence-corrected chi connectivity index (χ2v) is 15.5. The molecule has 0 radical (unpaired) electrons. The van der Waals surface area contributed by atoms with Crippen LogP contribution in [0.2, 0.25) is 0 Å². The Morgan fingerprint density at radius 1 is 0.945 bits per heavy atom. The van der Waals surface area contributed by atoms with Gasteiger partial charge in [-0.15, -0.1) is 0 Å². The van der Waals surface area contributed by atoms with Gasteiger partial charge in [0.1, 0.15) is 12.0 Å². The van der Waals surface area contributed by atoms with Crippen LogP contribution < -0.4 is 5.32 Å². The average Bonchev–Trinajstić information content (AvgIpc) is 3.87. The van der Waals surface area contributed by atoms with E-state index in [1.165, 1.54) is 7.11 Å². The van der Waals surface area contributed by atoms with Crippen molar-refractivity contribution in [3.05, 3.63) is 68.8 Å². The third kappa shape index (κ3) is 7.10. The predicted molar refractivity (Wildman–Crippen MR) is 209 cm³/mol. The number of carbonyl (C=O) groups excluding carboxylic acids is 4. The van der Waals surface area contributed by atoms with Gasteiger partial charge in [-0.2, -0.15) is 0 Å². The number of methoxy groups -OCH3 is 1. The van der Waals surface area contributed by atoms with E-state index in [2.05, 4.69) is 29.1 Å². The van der Waals surface area contributed by atoms with Crippen molar-refractivity contribution in [2.45, 2.75) is 109 Å². The number of likely N-dealkylation sites (N-methyl/N-ethyl adjacent to an activating group) is 1. The molecular weight excluding hydrogens is 700 g/mol. The molecule has 55 heavy (non-hydrogen) atoms. The fourth-order valence-electron chi connectivity index (χ4n) is 8.83. The zero-order chi connectivity index (χ0) is 40.0. The lowest BCUT2D eigenvalue weighted by Gasteiger charge is -2.20. The molecule has 4 N–H and O–H groups in total. The van der Waals surface area contributed by atoms with Gasteiger partial charge in [0.2, 0.25) is 5.91 Å². The van der Waals surface area contributed by atoms with E-state index in [9.17, 15) is 29.1 Å². The number of esters is 1. The number of rotatable bonds is 12. The van der Waals surface area contributed by atoms with Crippen molar-refractivity contribution in [3.63, 3.8) is 0 Å². The lowest BCUT2D eigenvalue weighted by atomic mass is 9.84. The van der Waals surface area contributed by atoms with E-state index in [1.54, 1.807) is 25.9 Å². The van der Waals surface area contributed by atoms with Crippen molar-refractivity contribution in [2.75, 3.05) is 27.7 Å². The van der Waals surface area contributed by atoms with E-state index >= 15 is 0 Å². The maximum atomic E-state index is 14.3. The summed E-state index contributed by atoms with van der Waals surface area (Å²) in [6, 6.07) is 5.25. The van der Waals surface area contributed by atoms with Crippen LogP contribution in [0.25, 0.3) is 22.1 Å². The zero-order valence-corrected chi connectivity index (χ0v) is 33.2. The first-order valence-corrected chi connectivity index (χ1v) is 19.2. The number of aromatic amines is 2. The van der Waals surface area contributed by atoms with Gasteiger partial charge in [0.05, 0.1) is 23.8 Å². The number of carboxylic acid groups (broad SMARTS) is 1. The van der Waals surface area contributed by atoms with E-state index in [0.29, 0.717) is 76.0 Å². The number of amides is 1. The molecule has 13 nitrogen and oxygen atoms in total. The molecule has 1 amide bonds. The minimum absolute atomic E-state index is 0.0750. The van der Waals surface area contributed by atoms with Crippen molar-refractivity contribution in [2.24, 2.45) is 0 Å². The summed E-state index contributed by atoms with van der Waals surface area (Å²) in [6.45, 7) is 11.9. The number of ketones is 2. The van der Waals surface area contributed by atoms with Crippen LogP contribution in [-0.2, 0) is 19.1 Å². The summed E-state index contributed by atoms with van der Waals surface area (Å²) in [4.78, 5) is 84.6. The number of H-pyrrole nitrogens is 2. The Balaban J connectivity index is 1.53. The van der Waals surface area contributed by atoms with Gasteiger partial charge in [-0.25, -0.2) is 0 Å². The summed E-state index contributed by atoms with van der Waals surface area (Å²) < 4.78 is 5.22. The highest BCUT2D eigenvalue weighted by atomic mass is 16.5. The Labute approximate surface area is 320 Å². The molecule has 13 heteroatoms. The minimum Gasteiger partial charge on any atom is -0.480 e. The van der Waals surface area contributed by atoms with Crippen LogP contribution in [0.15, 0.2) is 18.2 Å². The summed E-state index contributed by atoms with van der Waals surface area (Å²) in [5, 5.41) is 12.4. The Hall–Kier alpha value is -5.17. The van der Waals surface area contributed by atoms with E-state index in [-0.39, 0.29) is 47.6 Å². The second kappa shape index (κ2) is 15.5. The summed E-state index contributed by atoms with van der Waals surface area (Å²) in [7, 11) is 4.69. The topological polar surface area (TPSA) is 187 Å². The molecule has 6 rings (SSSR count). The summed E-state index contributed by atoms with van der Waals surface area (Å²) >= 11 is 0. The van der Waals surface area contributed by atoms with Crippen molar-refractivity contribution in [1.82, 2.24) is 30.2 Å². The second-order valence-electron chi connectivity index (χ2n) is 15.5. The number of aryl methyl sites for hydroxylation is 2. The van der Waals surface area contributed by atoms with Crippen LogP contribution >= 0.6 is 0 Å². The summed E-state index contributed by atoms with van der Waals surface area (Å²) in [6.07, 6.45) is 2.22. The highest BCUT2D eigenvalue weighted by molar-refractivity contribution is 6.23. The lowest BCUT2D eigenvalue weighted by Crippen LogP contribution is -2.36. The first-order valence-electron chi connectivity index (χ1n) is 19.2. The third-order valence-corrected chi connectivity index (χ3v) is 12.0. The van der Waals surface area contributed by atoms with Crippen LogP contribution in [-0.4, -0.2) is 93.1 Å². The van der Waals surface area contributed by atoms with Crippen molar-refractivity contribution in [3.8, 4) is 0 Å². The van der Waals surface area contributed by atoms with Crippen LogP contribution in [0.4, 0.5) is 0 Å². The molecule has 0 saturated heterocycles. The number of aliphatic carboxylic acids is 1. The van der Waals surface area contributed by atoms with Gasteiger partial charge in [0.25, 0.3) is 0 Å². The molecule has 0 spiro atoms. The molecule has 292 valence electrons. The normalized spacial score (nSPS) is 20.8. The van der Waals surface area contributed by atoms with Gasteiger partial charge in [-0.05, 0) is 89.9 Å². The third-order valence-electron chi connectivity index (χ3n) is 12.0. The molecule has 6 atom stereocenters. The molecule has 3 aromatic rings. The van der Waals surface area contributed by atoms with Crippen molar-refractivity contribution >= 4 is 51.5 Å². The van der Waals surface area contributed by atoms with E-state index in [0.717, 1.165) is 28.9 Å². The minimum atomic E-state index is -1.23. The number of nitrogens with one attached hydrogen (secondary N) is 3. The Kier molecular flexibility index (Phi) is 11.2. The Morgan fingerprint density at radius 2 is 1.58 bits per heavy atom. The van der Waals surface area contributed by atoms with Gasteiger partial charge in [0, 0.05) is 81.4 Å².